The lowest BCUT2D eigenvalue weighted by atomic mass is 9.95. The smallest absolute Gasteiger partial charge is 0.410 e. The van der Waals surface area contributed by atoms with Gasteiger partial charge in [0.1, 0.15) is 11.4 Å². The summed E-state index contributed by atoms with van der Waals surface area (Å²) < 4.78 is 11.0. The molecule has 208 valence electrons. The molecular formula is C29H36N4O6. The van der Waals surface area contributed by atoms with Crippen molar-refractivity contribution in [2.75, 3.05) is 25.1 Å². The summed E-state index contributed by atoms with van der Waals surface area (Å²) in [5.74, 6) is -0.00907. The topological polar surface area (TPSA) is 111 Å². The van der Waals surface area contributed by atoms with Gasteiger partial charge < -0.3 is 19.2 Å². The molecule has 2 aromatic rings. The monoisotopic (exact) mass is 536 g/mol. The fraction of sp³-hybridized carbons (Fsp3) is 0.483. The van der Waals surface area contributed by atoms with Crippen LogP contribution in [0.4, 0.5) is 10.6 Å². The lowest BCUT2D eigenvalue weighted by molar-refractivity contribution is -0.128. The molecule has 10 nitrogen and oxygen atoms in total. The van der Waals surface area contributed by atoms with Gasteiger partial charge in [0, 0.05) is 43.1 Å². The van der Waals surface area contributed by atoms with Crippen LogP contribution in [0.3, 0.4) is 0 Å². The molecule has 1 atom stereocenters. The summed E-state index contributed by atoms with van der Waals surface area (Å²) in [5.41, 5.74) is 0.318. The van der Waals surface area contributed by atoms with E-state index < -0.39 is 17.3 Å². The molecule has 1 aromatic carbocycles. The number of methoxy groups -OCH3 is 1. The van der Waals surface area contributed by atoms with E-state index in [1.165, 1.54) is 0 Å². The first-order chi connectivity index (χ1) is 18.4. The second-order valence-electron chi connectivity index (χ2n) is 11.3. The number of ether oxygens (including phenoxy) is 2. The fourth-order valence-corrected chi connectivity index (χ4v) is 4.63. The molecule has 1 aromatic heterocycles. The molecule has 4 rings (SSSR count). The van der Waals surface area contributed by atoms with Crippen LogP contribution in [0.5, 0.6) is 0 Å². The molecular weight excluding hydrogens is 500 g/mol. The number of oxime groups is 1. The SMILES string of the molecule is COCc1cccnc1N(C(=O)c1ccc(C2=NOC(C)(C)C2=O)cc1)[C@@H]1CCCN(C(=O)OC(C)(C)C)C1. The fourth-order valence-electron chi connectivity index (χ4n) is 4.63. The minimum atomic E-state index is -1.02. The Balaban J connectivity index is 1.66. The van der Waals surface area contributed by atoms with E-state index in [1.54, 1.807) is 67.3 Å². The lowest BCUT2D eigenvalue weighted by Gasteiger charge is -2.39. The van der Waals surface area contributed by atoms with Crippen molar-refractivity contribution in [2.24, 2.45) is 5.16 Å². The number of carbonyl (C=O) groups is 3. The van der Waals surface area contributed by atoms with E-state index >= 15 is 0 Å². The lowest BCUT2D eigenvalue weighted by Crippen LogP contribution is -2.53. The molecule has 10 heteroatoms. The highest BCUT2D eigenvalue weighted by Crippen LogP contribution is 2.29. The van der Waals surface area contributed by atoms with Crippen LogP contribution in [0, 0.1) is 0 Å². The molecule has 0 saturated carbocycles. The molecule has 2 aliphatic rings. The predicted molar refractivity (Wildman–Crippen MR) is 146 cm³/mol. The van der Waals surface area contributed by atoms with Crippen molar-refractivity contribution >= 4 is 29.3 Å². The van der Waals surface area contributed by atoms with Gasteiger partial charge >= 0.3 is 6.09 Å². The summed E-state index contributed by atoms with van der Waals surface area (Å²) in [5, 5.41) is 3.95. The second kappa shape index (κ2) is 11.1. The van der Waals surface area contributed by atoms with Crippen molar-refractivity contribution in [3.63, 3.8) is 0 Å². The van der Waals surface area contributed by atoms with Crippen molar-refractivity contribution in [3.8, 4) is 0 Å². The number of rotatable bonds is 6. The Bertz CT molecular complexity index is 1270. The highest BCUT2D eigenvalue weighted by atomic mass is 16.7. The van der Waals surface area contributed by atoms with Crippen molar-refractivity contribution in [3.05, 3.63) is 59.3 Å². The average Bonchev–Trinajstić information content (AvgIpc) is 3.16. The van der Waals surface area contributed by atoms with Crippen LogP contribution in [0.15, 0.2) is 47.8 Å². The number of anilines is 1. The van der Waals surface area contributed by atoms with E-state index in [-0.39, 0.29) is 30.1 Å². The summed E-state index contributed by atoms with van der Waals surface area (Å²) in [7, 11) is 1.59. The molecule has 0 unspecified atom stereocenters. The zero-order valence-electron chi connectivity index (χ0n) is 23.4. The molecule has 1 fully saturated rings. The number of amides is 2. The maximum atomic E-state index is 14.1. The van der Waals surface area contributed by atoms with Gasteiger partial charge in [-0.2, -0.15) is 0 Å². The van der Waals surface area contributed by atoms with E-state index in [4.69, 9.17) is 14.3 Å². The summed E-state index contributed by atoms with van der Waals surface area (Å²) in [4.78, 5) is 52.7. The quantitative estimate of drug-likeness (QED) is 0.540. The van der Waals surface area contributed by atoms with Crippen molar-refractivity contribution in [1.29, 1.82) is 0 Å². The minimum Gasteiger partial charge on any atom is -0.444 e. The number of hydrogen-bond donors (Lipinski definition) is 0. The van der Waals surface area contributed by atoms with Crippen LogP contribution in [0.25, 0.3) is 0 Å². The third-order valence-electron chi connectivity index (χ3n) is 6.56. The van der Waals surface area contributed by atoms with Gasteiger partial charge in [-0.25, -0.2) is 9.78 Å². The summed E-state index contributed by atoms with van der Waals surface area (Å²) in [6.07, 6.45) is 2.62. The largest absolute Gasteiger partial charge is 0.444 e. The van der Waals surface area contributed by atoms with E-state index in [1.807, 2.05) is 26.8 Å². The predicted octanol–water partition coefficient (Wildman–Crippen LogP) is 4.36. The minimum absolute atomic E-state index is 0.217. The van der Waals surface area contributed by atoms with Crippen molar-refractivity contribution in [1.82, 2.24) is 9.88 Å². The van der Waals surface area contributed by atoms with Crippen molar-refractivity contribution < 1.29 is 28.7 Å². The molecule has 0 N–H and O–H groups in total. The third-order valence-corrected chi connectivity index (χ3v) is 6.56. The molecule has 39 heavy (non-hydrogen) atoms. The van der Waals surface area contributed by atoms with Crippen LogP contribution in [-0.2, 0) is 25.7 Å². The van der Waals surface area contributed by atoms with Crippen LogP contribution in [0.2, 0.25) is 0 Å². The maximum absolute atomic E-state index is 14.1. The number of nitrogens with zero attached hydrogens (tertiary/aromatic N) is 4. The van der Waals surface area contributed by atoms with Gasteiger partial charge in [0.2, 0.25) is 5.78 Å². The Hall–Kier alpha value is -3.79. The molecule has 2 amide bonds. The molecule has 0 bridgehead atoms. The first-order valence-electron chi connectivity index (χ1n) is 13.1. The highest BCUT2D eigenvalue weighted by Gasteiger charge is 2.40. The number of pyridine rings is 1. The Labute approximate surface area is 228 Å². The number of hydrogen-bond acceptors (Lipinski definition) is 8. The van der Waals surface area contributed by atoms with E-state index in [9.17, 15) is 14.4 Å². The van der Waals surface area contributed by atoms with Gasteiger partial charge in [-0.05, 0) is 65.7 Å². The number of piperidine rings is 1. The average molecular weight is 537 g/mol. The number of carbonyl (C=O) groups excluding carboxylic acids is 3. The van der Waals surface area contributed by atoms with Crippen LogP contribution in [-0.4, -0.2) is 70.8 Å². The molecule has 0 radical (unpaired) electrons. The van der Waals surface area contributed by atoms with Gasteiger partial charge in [-0.1, -0.05) is 23.4 Å². The second-order valence-corrected chi connectivity index (χ2v) is 11.3. The molecule has 3 heterocycles. The number of Topliss-reactive ketones (excluding diaryl/α,β-unsaturated/α-hetero) is 1. The first kappa shape index (κ1) is 28.2. The van der Waals surface area contributed by atoms with Crippen molar-refractivity contribution in [2.45, 2.75) is 71.3 Å². The Morgan fingerprint density at radius 2 is 1.90 bits per heavy atom. The van der Waals surface area contributed by atoms with Crippen LogP contribution >= 0.6 is 0 Å². The number of benzene rings is 1. The molecule has 0 aliphatic carbocycles. The van der Waals surface area contributed by atoms with Gasteiger partial charge in [0.05, 0.1) is 12.6 Å². The maximum Gasteiger partial charge on any atom is 0.410 e. The Kier molecular flexibility index (Phi) is 8.06. The van der Waals surface area contributed by atoms with Gasteiger partial charge in [0.25, 0.3) is 5.91 Å². The Morgan fingerprint density at radius 3 is 2.51 bits per heavy atom. The summed E-state index contributed by atoms with van der Waals surface area (Å²) >= 11 is 0. The number of ketones is 1. The van der Waals surface area contributed by atoms with E-state index in [0.29, 0.717) is 42.9 Å². The first-order valence-corrected chi connectivity index (χ1v) is 13.1. The highest BCUT2D eigenvalue weighted by molar-refractivity contribution is 6.49. The molecule has 0 spiro atoms. The zero-order valence-corrected chi connectivity index (χ0v) is 23.4. The Morgan fingerprint density at radius 1 is 1.18 bits per heavy atom. The number of likely N-dealkylation sites (tertiary alicyclic amines) is 1. The van der Waals surface area contributed by atoms with E-state index in [0.717, 1.165) is 5.56 Å². The summed E-state index contributed by atoms with van der Waals surface area (Å²) in [6, 6.07) is 10.0. The molecule has 2 aliphatic heterocycles. The number of aromatic nitrogens is 1. The third kappa shape index (κ3) is 6.27. The van der Waals surface area contributed by atoms with Gasteiger partial charge in [-0.15, -0.1) is 0 Å². The van der Waals surface area contributed by atoms with Gasteiger partial charge in [-0.3, -0.25) is 14.5 Å². The van der Waals surface area contributed by atoms with Gasteiger partial charge in [0.15, 0.2) is 11.3 Å². The normalized spacial score (nSPS) is 18.8. The molecule has 1 saturated heterocycles. The van der Waals surface area contributed by atoms with Crippen LogP contribution < -0.4 is 4.90 Å². The summed E-state index contributed by atoms with van der Waals surface area (Å²) in [6.45, 7) is 9.93. The zero-order chi connectivity index (χ0) is 28.4. The van der Waals surface area contributed by atoms with Crippen LogP contribution in [0.1, 0.15) is 68.9 Å². The van der Waals surface area contributed by atoms with E-state index in [2.05, 4.69) is 10.1 Å². The standard InChI is InChI=1S/C29H36N4O6/c1-28(2,3)38-27(36)32-16-8-10-22(17-32)33(25-21(18-37-6)9-7-15-30-25)26(35)20-13-11-19(12-14-20)23-24(34)29(4,5)39-31-23/h7,9,11-15,22H,8,10,16-18H2,1-6H3/t22-/m1/s1.